The summed E-state index contributed by atoms with van der Waals surface area (Å²) >= 11 is 0. The number of halogens is 5. The summed E-state index contributed by atoms with van der Waals surface area (Å²) in [4.78, 5) is 21.5. The van der Waals surface area contributed by atoms with E-state index in [9.17, 15) is 0 Å². The van der Waals surface area contributed by atoms with Crippen LogP contribution in [-0.2, 0) is 73.5 Å². The van der Waals surface area contributed by atoms with Crippen molar-refractivity contribution in [3.63, 3.8) is 0 Å². The Morgan fingerprint density at radius 3 is 0.776 bits per heavy atom. The second kappa shape index (κ2) is 18.1. The number of nitrogens with zero attached hydrogens (tertiary/aromatic N) is 12. The van der Waals surface area contributed by atoms with Crippen molar-refractivity contribution in [2.75, 3.05) is 0 Å². The maximum Gasteiger partial charge on any atom is 3.00 e. The van der Waals surface area contributed by atoms with E-state index < -0.39 is 0 Å². The molecule has 0 amide bonds. The Balaban J connectivity index is 0.00000150. The van der Waals surface area contributed by atoms with Gasteiger partial charge >= 0.3 is 17.1 Å². The molecule has 0 saturated carbocycles. The van der Waals surface area contributed by atoms with Crippen molar-refractivity contribution in [1.29, 1.82) is 0 Å². The van der Waals surface area contributed by atoms with Gasteiger partial charge in [-0.1, -0.05) is 24.3 Å². The van der Waals surface area contributed by atoms with Gasteiger partial charge in [0.25, 0.3) is 0 Å². The predicted molar refractivity (Wildman–Crippen MR) is 199 cm³/mol. The molecule has 7 aromatic heterocycles. The van der Waals surface area contributed by atoms with Gasteiger partial charge in [-0.25, -0.2) is 9.97 Å². The molecule has 58 heavy (non-hydrogen) atoms. The quantitative estimate of drug-likeness (QED) is 0.130. The van der Waals surface area contributed by atoms with E-state index in [0.717, 1.165) is 89.4 Å². The van der Waals surface area contributed by atoms with E-state index in [4.69, 9.17) is 19.9 Å². The topological polar surface area (TPSA) is 89.2 Å². The minimum atomic E-state index is 0. The Morgan fingerprint density at radius 1 is 0.397 bits per heavy atom. The molecule has 0 aromatic carbocycles. The maximum absolute atomic E-state index is 5.37. The molecule has 12 nitrogen and oxygen atoms in total. The Morgan fingerprint density at radius 2 is 0.603 bits per heavy atom. The molecule has 18 heteroatoms. The first-order valence-electron chi connectivity index (χ1n) is 17.2. The summed E-state index contributed by atoms with van der Waals surface area (Å²) in [7, 11) is 16.3. The van der Waals surface area contributed by atoms with Crippen molar-refractivity contribution in [2.24, 2.45) is 56.4 Å². The molecule has 0 fully saturated rings. The monoisotopic (exact) mass is 918 g/mol. The molecule has 0 radical (unpaired) electrons. The van der Waals surface area contributed by atoms with Crippen LogP contribution in [0.1, 0.15) is 22.8 Å². The molecule has 8 bridgehead atoms. The van der Waals surface area contributed by atoms with Crippen LogP contribution in [0.25, 0.3) is 90.9 Å². The smallest absolute Gasteiger partial charge is 1.00 e. The molecule has 9 rings (SSSR count). The number of aryl methyl sites for hydroxylation is 8. The SMILES string of the molecule is Cn1cc(-c2c3nc(c(-c4cn(C)[n+](C)c4)c4ccc([n-]4)c(-c4cn(C)[n+](C)c4)c4nc(c(-c5cn(C)[n+](C)c5)c5ccc2[n-]5)C=C4)C=C3)c[n+]1C.[Cl-].[Cl-].[Cl-].[Cl-].[Cl-].[Mn+3]. The minimum Gasteiger partial charge on any atom is -1.00 e. The Kier molecular flexibility index (Phi) is 14.9. The van der Waals surface area contributed by atoms with Gasteiger partial charge in [0.1, 0.15) is 0 Å². The van der Waals surface area contributed by atoms with Gasteiger partial charge in [-0.15, -0.1) is 40.8 Å². The number of hydrogen-bond acceptors (Lipinski definition) is 2. The zero-order valence-corrected chi connectivity index (χ0v) is 37.8. The molecule has 2 aliphatic rings. The zero-order valence-electron chi connectivity index (χ0n) is 32.9. The van der Waals surface area contributed by atoms with Gasteiger partial charge in [-0.05, 0) is 24.3 Å². The van der Waals surface area contributed by atoms with Gasteiger partial charge in [0, 0.05) is 22.3 Å². The average Bonchev–Trinajstić information content (AvgIpc) is 3.95. The van der Waals surface area contributed by atoms with Crippen LogP contribution in [0, 0.1) is 0 Å². The predicted octanol–water partition coefficient (Wildman–Crippen LogP) is -11.7. The molecule has 9 heterocycles. The van der Waals surface area contributed by atoms with Gasteiger partial charge in [-0.2, -0.15) is 18.7 Å². The van der Waals surface area contributed by atoms with Crippen LogP contribution >= 0.6 is 0 Å². The second-order valence-electron chi connectivity index (χ2n) is 13.8. The van der Waals surface area contributed by atoms with Crippen LogP contribution in [-0.4, -0.2) is 28.7 Å². The Hall–Kier alpha value is -4.59. The first kappa shape index (κ1) is 47.8. The second-order valence-corrected chi connectivity index (χ2v) is 13.8. The van der Waals surface area contributed by atoms with E-state index in [1.165, 1.54) is 0 Å². The molecule has 2 aliphatic heterocycles. The summed E-state index contributed by atoms with van der Waals surface area (Å²) in [6.07, 6.45) is 25.4. The Bertz CT molecular complexity index is 2420. The van der Waals surface area contributed by atoms with Crippen LogP contribution in [0.15, 0.2) is 73.8 Å². The number of aromatic nitrogens is 12. The van der Waals surface area contributed by atoms with Crippen molar-refractivity contribution < 1.29 is 97.8 Å². The van der Waals surface area contributed by atoms with Gasteiger partial charge in [0.2, 0.25) is 24.8 Å². The molecule has 0 unspecified atom stereocenters. The third-order valence-corrected chi connectivity index (χ3v) is 10.4. The third-order valence-electron chi connectivity index (χ3n) is 10.4. The van der Waals surface area contributed by atoms with Crippen LogP contribution < -0.4 is 90.7 Å². The number of fused-ring (bicyclic) bond motifs is 8. The molecule has 0 atom stereocenters. The van der Waals surface area contributed by atoms with Crippen molar-refractivity contribution in [3.8, 4) is 44.5 Å². The van der Waals surface area contributed by atoms with Crippen molar-refractivity contribution in [1.82, 2.24) is 38.7 Å². The van der Waals surface area contributed by atoms with Crippen LogP contribution in [0.5, 0.6) is 0 Å². The molecule has 0 spiro atoms. The first-order chi connectivity index (χ1) is 25.0. The van der Waals surface area contributed by atoms with Crippen LogP contribution in [0.3, 0.4) is 0 Å². The van der Waals surface area contributed by atoms with Crippen molar-refractivity contribution in [3.05, 3.63) is 96.6 Å². The normalized spacial score (nSPS) is 11.2. The molecule has 0 N–H and O–H groups in total. The van der Waals surface area contributed by atoms with Gasteiger partial charge in [0.05, 0.1) is 98.0 Å². The molecule has 0 saturated heterocycles. The standard InChI is InChI=1S/C40H40N12.5ClH.Mn/c1-45-17-25(18-46(45)2)37-29-9-11-31(41-29)38(26-19-47(3)48(4)20-26)33-13-15-35(43-33)40(28-23-51(7)52(8)24-28)36-16-14-34(44-36)39(32-12-10-30(37)42-32)27-21-49(5)50(6)22-27;;;;;;/h9-24H,1-8H3;5*1H;/q+2;;;;;;+3/p-5. The summed E-state index contributed by atoms with van der Waals surface area (Å²) in [5, 5.41) is 0. The van der Waals surface area contributed by atoms with E-state index in [-0.39, 0.29) is 79.1 Å². The summed E-state index contributed by atoms with van der Waals surface area (Å²) < 4.78 is 16.5. The summed E-state index contributed by atoms with van der Waals surface area (Å²) in [6, 6.07) is 8.41. The van der Waals surface area contributed by atoms with Crippen molar-refractivity contribution in [2.45, 2.75) is 0 Å². The van der Waals surface area contributed by atoms with Crippen molar-refractivity contribution >= 4 is 46.4 Å². The molecule has 302 valence electrons. The summed E-state index contributed by atoms with van der Waals surface area (Å²) in [5.74, 6) is 0. The summed E-state index contributed by atoms with van der Waals surface area (Å²) in [5.41, 5.74) is 14.7. The van der Waals surface area contributed by atoms with E-state index in [1.807, 2.05) is 56.4 Å². The van der Waals surface area contributed by atoms with E-state index in [1.54, 1.807) is 0 Å². The fourth-order valence-electron chi connectivity index (χ4n) is 7.26. The fourth-order valence-corrected chi connectivity index (χ4v) is 7.26. The van der Waals surface area contributed by atoms with Crippen LogP contribution in [0.4, 0.5) is 0 Å². The minimum absolute atomic E-state index is 0. The molecular weight excluding hydrogens is 881 g/mol. The number of rotatable bonds is 4. The number of hydrogen-bond donors (Lipinski definition) is 0. The van der Waals surface area contributed by atoms with Gasteiger partial charge in [0.15, 0.2) is 28.2 Å². The van der Waals surface area contributed by atoms with E-state index >= 15 is 0 Å². The van der Waals surface area contributed by atoms with Gasteiger partial charge < -0.3 is 72.0 Å². The Labute approximate surface area is 378 Å². The van der Waals surface area contributed by atoms with E-state index in [0.29, 0.717) is 0 Å². The first-order valence-corrected chi connectivity index (χ1v) is 17.2. The van der Waals surface area contributed by atoms with E-state index in [2.05, 4.69) is 136 Å². The van der Waals surface area contributed by atoms with Crippen LogP contribution in [0.2, 0.25) is 0 Å². The van der Waals surface area contributed by atoms with Gasteiger partial charge in [-0.3, -0.25) is 0 Å². The molecule has 7 aromatic rings. The fraction of sp³-hybridized carbons (Fsp3) is 0.200. The average molecular weight is 921 g/mol. The summed E-state index contributed by atoms with van der Waals surface area (Å²) in [6.45, 7) is 0. The zero-order chi connectivity index (χ0) is 36.0. The third kappa shape index (κ3) is 8.05. The largest absolute Gasteiger partial charge is 3.00 e. The molecule has 0 aliphatic carbocycles. The maximum atomic E-state index is 5.37. The molecular formula is C40H40Cl5MnN12.